The third-order valence-electron chi connectivity index (χ3n) is 4.85. The first-order chi connectivity index (χ1) is 13.2. The van der Waals surface area contributed by atoms with Gasteiger partial charge in [-0.1, -0.05) is 36.0 Å². The van der Waals surface area contributed by atoms with Crippen LogP contribution in [0.15, 0.2) is 59.8 Å². The predicted octanol–water partition coefficient (Wildman–Crippen LogP) is 3.38. The third kappa shape index (κ3) is 4.06. The Morgan fingerprint density at radius 1 is 1.07 bits per heavy atom. The number of rotatable bonds is 4. The van der Waals surface area contributed by atoms with E-state index in [0.717, 1.165) is 42.5 Å². The molecule has 0 spiro atoms. The minimum absolute atomic E-state index is 0.174. The fraction of sp³-hybridized carbons (Fsp3) is 0.286. The molecule has 27 heavy (non-hydrogen) atoms. The molecule has 0 unspecified atom stereocenters. The van der Waals surface area contributed by atoms with Crippen molar-refractivity contribution in [2.24, 2.45) is 0 Å². The summed E-state index contributed by atoms with van der Waals surface area (Å²) in [5.74, 6) is 1.58. The van der Waals surface area contributed by atoms with Crippen molar-refractivity contribution in [1.82, 2.24) is 14.9 Å². The third-order valence-corrected chi connectivity index (χ3v) is 5.74. The van der Waals surface area contributed by atoms with Crippen LogP contribution in [-0.2, 0) is 4.79 Å². The molecule has 0 atom stereocenters. The SMILES string of the molecule is Cc1cc(SCC(=O)N2CCN(c3ccccn3)CC2)nc2ccccc12. The minimum atomic E-state index is 0.174. The number of carbonyl (C=O) groups excluding carboxylic acids is 1. The van der Waals surface area contributed by atoms with E-state index in [1.54, 1.807) is 0 Å². The number of pyridine rings is 2. The number of thioether (sulfide) groups is 1. The maximum absolute atomic E-state index is 12.6. The van der Waals surface area contributed by atoms with E-state index in [0.29, 0.717) is 5.75 Å². The van der Waals surface area contributed by atoms with Crippen LogP contribution in [0.2, 0.25) is 0 Å². The quantitative estimate of drug-likeness (QED) is 0.652. The Bertz CT molecular complexity index is 939. The first-order valence-electron chi connectivity index (χ1n) is 9.13. The summed E-state index contributed by atoms with van der Waals surface area (Å²) in [5, 5.41) is 2.07. The average molecular weight is 379 g/mol. The van der Waals surface area contributed by atoms with Crippen molar-refractivity contribution in [1.29, 1.82) is 0 Å². The van der Waals surface area contributed by atoms with Gasteiger partial charge in [-0.25, -0.2) is 9.97 Å². The fourth-order valence-corrected chi connectivity index (χ4v) is 4.22. The number of nitrogens with zero attached hydrogens (tertiary/aromatic N) is 4. The maximum Gasteiger partial charge on any atom is 0.233 e. The number of amides is 1. The molecule has 2 aromatic heterocycles. The van der Waals surface area contributed by atoms with Crippen LogP contribution in [0, 0.1) is 6.92 Å². The molecule has 1 amide bonds. The van der Waals surface area contributed by atoms with Gasteiger partial charge in [0, 0.05) is 37.8 Å². The number of piperazine rings is 1. The normalized spacial score (nSPS) is 14.6. The smallest absolute Gasteiger partial charge is 0.233 e. The van der Waals surface area contributed by atoms with Crippen LogP contribution < -0.4 is 4.90 Å². The lowest BCUT2D eigenvalue weighted by Gasteiger charge is -2.35. The molecule has 4 rings (SSSR count). The number of aryl methyl sites for hydroxylation is 1. The molecule has 1 aliphatic heterocycles. The van der Waals surface area contributed by atoms with E-state index in [4.69, 9.17) is 0 Å². The van der Waals surface area contributed by atoms with Crippen LogP contribution in [0.4, 0.5) is 5.82 Å². The van der Waals surface area contributed by atoms with Crippen molar-refractivity contribution in [3.05, 3.63) is 60.3 Å². The second-order valence-corrected chi connectivity index (χ2v) is 7.63. The molecule has 6 heteroatoms. The van der Waals surface area contributed by atoms with Crippen molar-refractivity contribution >= 4 is 34.4 Å². The van der Waals surface area contributed by atoms with Gasteiger partial charge in [0.1, 0.15) is 5.82 Å². The van der Waals surface area contributed by atoms with Crippen molar-refractivity contribution < 1.29 is 4.79 Å². The lowest BCUT2D eigenvalue weighted by molar-refractivity contribution is -0.128. The molecule has 0 bridgehead atoms. The Hall–Kier alpha value is -2.60. The molecular weight excluding hydrogens is 356 g/mol. The lowest BCUT2D eigenvalue weighted by atomic mass is 10.1. The van der Waals surface area contributed by atoms with Gasteiger partial charge in [0.05, 0.1) is 16.3 Å². The van der Waals surface area contributed by atoms with Crippen LogP contribution in [-0.4, -0.2) is 52.7 Å². The molecule has 0 N–H and O–H groups in total. The second-order valence-electron chi connectivity index (χ2n) is 6.64. The zero-order chi connectivity index (χ0) is 18.6. The monoisotopic (exact) mass is 378 g/mol. The first-order valence-corrected chi connectivity index (χ1v) is 10.1. The van der Waals surface area contributed by atoms with Crippen molar-refractivity contribution in [3.63, 3.8) is 0 Å². The highest BCUT2D eigenvalue weighted by Crippen LogP contribution is 2.24. The standard InChI is InChI=1S/C21H22N4OS/c1-16-14-20(23-18-7-3-2-6-17(16)18)27-15-21(26)25-12-10-24(11-13-25)19-8-4-5-9-22-19/h2-9,14H,10-13,15H2,1H3. The summed E-state index contributed by atoms with van der Waals surface area (Å²) in [4.78, 5) is 25.9. The summed E-state index contributed by atoms with van der Waals surface area (Å²) in [5.41, 5.74) is 2.18. The summed E-state index contributed by atoms with van der Waals surface area (Å²) in [6.07, 6.45) is 1.81. The molecule has 1 fully saturated rings. The molecule has 3 heterocycles. The Morgan fingerprint density at radius 3 is 2.63 bits per heavy atom. The highest BCUT2D eigenvalue weighted by atomic mass is 32.2. The van der Waals surface area contributed by atoms with Gasteiger partial charge in [0.25, 0.3) is 0 Å². The number of anilines is 1. The van der Waals surface area contributed by atoms with E-state index >= 15 is 0 Å². The number of carbonyl (C=O) groups is 1. The topological polar surface area (TPSA) is 49.3 Å². The van der Waals surface area contributed by atoms with Gasteiger partial charge in [-0.15, -0.1) is 0 Å². The Morgan fingerprint density at radius 2 is 1.85 bits per heavy atom. The van der Waals surface area contributed by atoms with E-state index in [1.807, 2.05) is 47.5 Å². The van der Waals surface area contributed by atoms with Crippen LogP contribution in [0.5, 0.6) is 0 Å². The second kappa shape index (κ2) is 7.96. The van der Waals surface area contributed by atoms with Gasteiger partial charge in [0.15, 0.2) is 0 Å². The molecule has 138 valence electrons. The molecule has 1 aromatic carbocycles. The van der Waals surface area contributed by atoms with Crippen molar-refractivity contribution in [3.8, 4) is 0 Å². The van der Waals surface area contributed by atoms with Gasteiger partial charge in [-0.2, -0.15) is 0 Å². The van der Waals surface area contributed by atoms with Crippen molar-refractivity contribution in [2.45, 2.75) is 11.9 Å². The summed E-state index contributed by atoms with van der Waals surface area (Å²) in [6, 6.07) is 16.1. The lowest BCUT2D eigenvalue weighted by Crippen LogP contribution is -2.49. The molecule has 5 nitrogen and oxygen atoms in total. The molecular formula is C21H22N4OS. The van der Waals surface area contributed by atoms with Gasteiger partial charge in [-0.3, -0.25) is 4.79 Å². The van der Waals surface area contributed by atoms with Gasteiger partial charge in [-0.05, 0) is 36.8 Å². The fourth-order valence-electron chi connectivity index (χ4n) is 3.35. The van der Waals surface area contributed by atoms with E-state index in [1.165, 1.54) is 22.7 Å². The first kappa shape index (κ1) is 17.8. The molecule has 0 aliphatic carbocycles. The minimum Gasteiger partial charge on any atom is -0.353 e. The van der Waals surface area contributed by atoms with Crippen LogP contribution >= 0.6 is 11.8 Å². The molecule has 0 saturated carbocycles. The summed E-state index contributed by atoms with van der Waals surface area (Å²) >= 11 is 1.52. The summed E-state index contributed by atoms with van der Waals surface area (Å²) < 4.78 is 0. The van der Waals surface area contributed by atoms with E-state index in [2.05, 4.69) is 33.9 Å². The van der Waals surface area contributed by atoms with E-state index in [-0.39, 0.29) is 5.91 Å². The summed E-state index contributed by atoms with van der Waals surface area (Å²) in [6.45, 7) is 5.20. The molecule has 3 aromatic rings. The van der Waals surface area contributed by atoms with Gasteiger partial charge < -0.3 is 9.80 Å². The number of hydrogen-bond donors (Lipinski definition) is 0. The zero-order valence-electron chi connectivity index (χ0n) is 15.3. The highest BCUT2D eigenvalue weighted by molar-refractivity contribution is 7.99. The number of aromatic nitrogens is 2. The summed E-state index contributed by atoms with van der Waals surface area (Å²) in [7, 11) is 0. The Kier molecular flexibility index (Phi) is 5.25. The Labute approximate surface area is 163 Å². The van der Waals surface area contributed by atoms with Gasteiger partial charge in [0.2, 0.25) is 5.91 Å². The number of fused-ring (bicyclic) bond motifs is 1. The van der Waals surface area contributed by atoms with Crippen LogP contribution in [0.25, 0.3) is 10.9 Å². The maximum atomic E-state index is 12.6. The molecule has 1 aliphatic rings. The largest absolute Gasteiger partial charge is 0.353 e. The number of hydrogen-bond acceptors (Lipinski definition) is 5. The van der Waals surface area contributed by atoms with Crippen molar-refractivity contribution in [2.75, 3.05) is 36.8 Å². The average Bonchev–Trinajstić information content (AvgIpc) is 2.73. The van der Waals surface area contributed by atoms with Gasteiger partial charge >= 0.3 is 0 Å². The Balaban J connectivity index is 1.34. The zero-order valence-corrected chi connectivity index (χ0v) is 16.2. The molecule has 0 radical (unpaired) electrons. The van der Waals surface area contributed by atoms with E-state index in [9.17, 15) is 4.79 Å². The molecule has 1 saturated heterocycles. The van der Waals surface area contributed by atoms with Crippen LogP contribution in [0.3, 0.4) is 0 Å². The number of benzene rings is 1. The number of para-hydroxylation sites is 1. The van der Waals surface area contributed by atoms with E-state index < -0.39 is 0 Å². The highest BCUT2D eigenvalue weighted by Gasteiger charge is 2.21. The predicted molar refractivity (Wildman–Crippen MR) is 110 cm³/mol. The van der Waals surface area contributed by atoms with Crippen LogP contribution in [0.1, 0.15) is 5.56 Å².